The first-order valence-corrected chi connectivity index (χ1v) is 8.52. The topological polar surface area (TPSA) is 62.2 Å². The second kappa shape index (κ2) is 5.88. The zero-order valence-electron chi connectivity index (χ0n) is 14.1. The van der Waals surface area contributed by atoms with Gasteiger partial charge < -0.3 is 10.4 Å². The molecular weight excluding hydrogens is 312 g/mol. The molecule has 1 aliphatic carbocycles. The maximum atomic E-state index is 12.8. The summed E-state index contributed by atoms with van der Waals surface area (Å²) in [6, 6.07) is 17.0. The molecule has 0 radical (unpaired) electrons. The molecule has 2 N–H and O–H groups in total. The van der Waals surface area contributed by atoms with E-state index in [2.05, 4.69) is 22.4 Å². The summed E-state index contributed by atoms with van der Waals surface area (Å²) in [4.78, 5) is 17.2. The largest absolute Gasteiger partial charge is 0.508 e. The van der Waals surface area contributed by atoms with Gasteiger partial charge in [-0.3, -0.25) is 9.78 Å². The summed E-state index contributed by atoms with van der Waals surface area (Å²) in [5.41, 5.74) is 3.40. The second-order valence-electron chi connectivity index (χ2n) is 6.84. The number of rotatable bonds is 4. The smallest absolute Gasteiger partial charge is 0.252 e. The van der Waals surface area contributed by atoms with Gasteiger partial charge in [-0.15, -0.1) is 0 Å². The summed E-state index contributed by atoms with van der Waals surface area (Å²) >= 11 is 0. The van der Waals surface area contributed by atoms with E-state index in [0.717, 1.165) is 18.5 Å². The summed E-state index contributed by atoms with van der Waals surface area (Å²) in [5, 5.41) is 13.5. The molecule has 4 heteroatoms. The lowest BCUT2D eigenvalue weighted by Crippen LogP contribution is -2.32. The second-order valence-corrected chi connectivity index (χ2v) is 6.84. The first kappa shape index (κ1) is 15.6. The van der Waals surface area contributed by atoms with Gasteiger partial charge in [-0.05, 0) is 49.6 Å². The Balaban J connectivity index is 1.60. The number of aryl methyl sites for hydroxylation is 1. The fourth-order valence-corrected chi connectivity index (χ4v) is 3.39. The number of amides is 1. The molecule has 1 heterocycles. The van der Waals surface area contributed by atoms with Crippen LogP contribution in [0.25, 0.3) is 10.9 Å². The van der Waals surface area contributed by atoms with E-state index in [0.29, 0.717) is 23.0 Å². The van der Waals surface area contributed by atoms with Crippen LogP contribution in [-0.4, -0.2) is 22.5 Å². The number of carbonyl (C=O) groups is 1. The molecule has 2 aromatic carbocycles. The molecule has 0 bridgehead atoms. The van der Waals surface area contributed by atoms with E-state index in [1.54, 1.807) is 24.3 Å². The molecule has 25 heavy (non-hydrogen) atoms. The van der Waals surface area contributed by atoms with Gasteiger partial charge in [-0.2, -0.15) is 0 Å². The Bertz CT molecular complexity index is 947. The Morgan fingerprint density at radius 1 is 1.16 bits per heavy atom. The van der Waals surface area contributed by atoms with Crippen LogP contribution in [-0.2, 0) is 5.41 Å². The number of hydrogen-bond acceptors (Lipinski definition) is 3. The van der Waals surface area contributed by atoms with Crippen molar-refractivity contribution in [2.45, 2.75) is 25.2 Å². The number of phenols is 1. The number of aromatic hydroxyl groups is 1. The number of carbonyl (C=O) groups excluding carboxylic acids is 1. The van der Waals surface area contributed by atoms with Crippen molar-refractivity contribution in [1.82, 2.24) is 10.3 Å². The Hall–Kier alpha value is -2.88. The predicted octanol–water partition coefficient (Wildman–Crippen LogP) is 3.71. The van der Waals surface area contributed by atoms with Crippen LogP contribution >= 0.6 is 0 Å². The van der Waals surface area contributed by atoms with E-state index in [4.69, 9.17) is 0 Å². The van der Waals surface area contributed by atoms with E-state index in [1.807, 2.05) is 25.1 Å². The third-order valence-electron chi connectivity index (χ3n) is 4.99. The van der Waals surface area contributed by atoms with Gasteiger partial charge in [0.2, 0.25) is 0 Å². The van der Waals surface area contributed by atoms with Gasteiger partial charge in [0.15, 0.2) is 0 Å². The lowest BCUT2D eigenvalue weighted by Gasteiger charge is -2.17. The fraction of sp³-hybridized carbons (Fsp3) is 0.238. The maximum Gasteiger partial charge on any atom is 0.252 e. The van der Waals surface area contributed by atoms with Crippen LogP contribution in [0, 0.1) is 6.92 Å². The maximum absolute atomic E-state index is 12.8. The SMILES string of the molecule is Cc1cc(C(=O)NCC2(c3ccccc3)CC2)c2cc(O)ccc2n1. The number of nitrogens with zero attached hydrogens (tertiary/aromatic N) is 1. The lowest BCUT2D eigenvalue weighted by atomic mass is 9.96. The first-order valence-electron chi connectivity index (χ1n) is 8.52. The van der Waals surface area contributed by atoms with E-state index < -0.39 is 0 Å². The number of nitrogens with one attached hydrogen (secondary N) is 1. The molecule has 4 rings (SSSR count). The lowest BCUT2D eigenvalue weighted by molar-refractivity contribution is 0.0951. The molecule has 0 unspecified atom stereocenters. The molecule has 1 saturated carbocycles. The quantitative estimate of drug-likeness (QED) is 0.765. The van der Waals surface area contributed by atoms with Gasteiger partial charge in [0.25, 0.3) is 5.91 Å². The fourth-order valence-electron chi connectivity index (χ4n) is 3.39. The van der Waals surface area contributed by atoms with Gasteiger partial charge in [0.05, 0.1) is 11.1 Å². The predicted molar refractivity (Wildman–Crippen MR) is 97.8 cm³/mol. The number of pyridine rings is 1. The summed E-state index contributed by atoms with van der Waals surface area (Å²) in [5.74, 6) is 0.0125. The highest BCUT2D eigenvalue weighted by molar-refractivity contribution is 6.06. The molecule has 3 aromatic rings. The van der Waals surface area contributed by atoms with Gasteiger partial charge in [-0.25, -0.2) is 0 Å². The number of aromatic nitrogens is 1. The highest BCUT2D eigenvalue weighted by Crippen LogP contribution is 2.47. The first-order chi connectivity index (χ1) is 12.1. The zero-order valence-corrected chi connectivity index (χ0v) is 14.1. The molecule has 1 amide bonds. The monoisotopic (exact) mass is 332 g/mol. The van der Waals surface area contributed by atoms with Crippen molar-refractivity contribution in [3.8, 4) is 5.75 Å². The normalized spacial score (nSPS) is 15.1. The Morgan fingerprint density at radius 3 is 2.64 bits per heavy atom. The summed E-state index contributed by atoms with van der Waals surface area (Å²) in [6.45, 7) is 2.49. The van der Waals surface area contributed by atoms with E-state index >= 15 is 0 Å². The Labute approximate surface area is 146 Å². The molecule has 0 atom stereocenters. The van der Waals surface area contributed by atoms with Crippen molar-refractivity contribution >= 4 is 16.8 Å². The van der Waals surface area contributed by atoms with Gasteiger partial charge >= 0.3 is 0 Å². The molecular formula is C21H20N2O2. The van der Waals surface area contributed by atoms with Gasteiger partial charge in [-0.1, -0.05) is 30.3 Å². The average Bonchev–Trinajstić information content (AvgIpc) is 3.41. The summed E-state index contributed by atoms with van der Waals surface area (Å²) < 4.78 is 0. The number of phenolic OH excluding ortho intramolecular Hbond substituents is 1. The molecule has 0 spiro atoms. The van der Waals surface area contributed by atoms with Crippen LogP contribution in [0.1, 0.15) is 34.5 Å². The van der Waals surface area contributed by atoms with Crippen molar-refractivity contribution in [3.05, 3.63) is 71.4 Å². The van der Waals surface area contributed by atoms with Gasteiger partial charge in [0, 0.05) is 23.0 Å². The number of benzene rings is 2. The van der Waals surface area contributed by atoms with Crippen molar-refractivity contribution in [2.75, 3.05) is 6.54 Å². The third-order valence-corrected chi connectivity index (χ3v) is 4.99. The van der Waals surface area contributed by atoms with Crippen LogP contribution < -0.4 is 5.32 Å². The van der Waals surface area contributed by atoms with Crippen molar-refractivity contribution in [1.29, 1.82) is 0 Å². The highest BCUT2D eigenvalue weighted by Gasteiger charge is 2.44. The highest BCUT2D eigenvalue weighted by atomic mass is 16.3. The molecule has 1 aliphatic rings. The minimum absolute atomic E-state index is 0.0664. The Morgan fingerprint density at radius 2 is 1.92 bits per heavy atom. The standard InChI is InChI=1S/C21H20N2O2/c1-14-11-18(17-12-16(24)7-8-19(17)23-14)20(25)22-13-21(9-10-21)15-5-3-2-4-6-15/h2-8,11-12,24H,9-10,13H2,1H3,(H,22,25). The minimum atomic E-state index is -0.122. The van der Waals surface area contributed by atoms with Crippen LogP contribution in [0.3, 0.4) is 0 Å². The summed E-state index contributed by atoms with van der Waals surface area (Å²) in [6.07, 6.45) is 2.18. The van der Waals surface area contributed by atoms with E-state index in [1.165, 1.54) is 5.56 Å². The molecule has 1 aromatic heterocycles. The van der Waals surface area contributed by atoms with Crippen LogP contribution in [0.15, 0.2) is 54.6 Å². The van der Waals surface area contributed by atoms with Crippen LogP contribution in [0.4, 0.5) is 0 Å². The minimum Gasteiger partial charge on any atom is -0.508 e. The zero-order chi connectivity index (χ0) is 17.4. The molecule has 0 aliphatic heterocycles. The van der Waals surface area contributed by atoms with Crippen LogP contribution in [0.5, 0.6) is 5.75 Å². The molecule has 126 valence electrons. The number of hydrogen-bond donors (Lipinski definition) is 2. The van der Waals surface area contributed by atoms with Crippen molar-refractivity contribution in [3.63, 3.8) is 0 Å². The van der Waals surface area contributed by atoms with Crippen molar-refractivity contribution in [2.24, 2.45) is 0 Å². The summed E-state index contributed by atoms with van der Waals surface area (Å²) in [7, 11) is 0. The van der Waals surface area contributed by atoms with Gasteiger partial charge in [0.1, 0.15) is 5.75 Å². The Kier molecular flexibility index (Phi) is 3.68. The molecule has 1 fully saturated rings. The molecule has 4 nitrogen and oxygen atoms in total. The van der Waals surface area contributed by atoms with E-state index in [9.17, 15) is 9.90 Å². The van der Waals surface area contributed by atoms with Crippen LogP contribution in [0.2, 0.25) is 0 Å². The average molecular weight is 332 g/mol. The van der Waals surface area contributed by atoms with Crippen molar-refractivity contribution < 1.29 is 9.90 Å². The van der Waals surface area contributed by atoms with E-state index in [-0.39, 0.29) is 17.1 Å². The number of fused-ring (bicyclic) bond motifs is 1. The molecule has 0 saturated heterocycles. The third kappa shape index (κ3) is 2.95.